The number of nitrogens with zero attached hydrogens (tertiary/aromatic N) is 2. The van der Waals surface area contributed by atoms with Crippen LogP contribution in [-0.4, -0.2) is 22.6 Å². The van der Waals surface area contributed by atoms with Gasteiger partial charge in [0.2, 0.25) is 0 Å². The normalized spacial score (nSPS) is 23.4. The van der Waals surface area contributed by atoms with E-state index in [9.17, 15) is 0 Å². The SMILES string of the molecule is CC1(c2cncn2-c2ccc(I)cc2)CCNC1. The number of imidazole rings is 1. The molecule has 4 heteroatoms. The Hall–Kier alpha value is -0.880. The first-order valence-electron chi connectivity index (χ1n) is 6.19. The lowest BCUT2D eigenvalue weighted by Gasteiger charge is -2.24. The van der Waals surface area contributed by atoms with Gasteiger partial charge in [0.05, 0.1) is 6.33 Å². The quantitative estimate of drug-likeness (QED) is 0.842. The summed E-state index contributed by atoms with van der Waals surface area (Å²) in [4.78, 5) is 4.34. The zero-order chi connectivity index (χ0) is 12.6. The van der Waals surface area contributed by atoms with Gasteiger partial charge in [-0.3, -0.25) is 0 Å². The fourth-order valence-corrected chi connectivity index (χ4v) is 2.94. The van der Waals surface area contributed by atoms with Gasteiger partial charge >= 0.3 is 0 Å². The van der Waals surface area contributed by atoms with E-state index in [1.807, 2.05) is 12.5 Å². The molecule has 0 amide bonds. The van der Waals surface area contributed by atoms with E-state index < -0.39 is 0 Å². The molecule has 0 aliphatic carbocycles. The van der Waals surface area contributed by atoms with Crippen molar-refractivity contribution in [1.82, 2.24) is 14.9 Å². The number of rotatable bonds is 2. The highest BCUT2D eigenvalue weighted by atomic mass is 127. The number of hydrogen-bond donors (Lipinski definition) is 1. The van der Waals surface area contributed by atoms with Crippen LogP contribution in [0.5, 0.6) is 0 Å². The van der Waals surface area contributed by atoms with Crippen LogP contribution in [0.4, 0.5) is 0 Å². The Kier molecular flexibility index (Phi) is 3.15. The van der Waals surface area contributed by atoms with Crippen LogP contribution in [0.2, 0.25) is 0 Å². The van der Waals surface area contributed by atoms with Crippen molar-refractivity contribution in [3.8, 4) is 5.69 Å². The van der Waals surface area contributed by atoms with Crippen LogP contribution in [0.1, 0.15) is 19.0 Å². The predicted octanol–water partition coefficient (Wildman–Crippen LogP) is 2.73. The lowest BCUT2D eigenvalue weighted by Crippen LogP contribution is -2.27. The molecule has 1 aromatic carbocycles. The second-order valence-corrected chi connectivity index (χ2v) is 6.36. The molecule has 1 unspecified atom stereocenters. The lowest BCUT2D eigenvalue weighted by molar-refractivity contribution is 0.499. The van der Waals surface area contributed by atoms with Crippen molar-refractivity contribution in [3.63, 3.8) is 0 Å². The van der Waals surface area contributed by atoms with Gasteiger partial charge in [0, 0.05) is 33.1 Å². The summed E-state index contributed by atoms with van der Waals surface area (Å²) in [6, 6.07) is 8.57. The van der Waals surface area contributed by atoms with Crippen molar-refractivity contribution in [2.75, 3.05) is 13.1 Å². The molecule has 0 bridgehead atoms. The Morgan fingerprint density at radius 3 is 2.78 bits per heavy atom. The van der Waals surface area contributed by atoms with Crippen LogP contribution in [0, 0.1) is 3.57 Å². The first-order chi connectivity index (χ1) is 8.69. The van der Waals surface area contributed by atoms with Crippen LogP contribution in [0.15, 0.2) is 36.8 Å². The summed E-state index contributed by atoms with van der Waals surface area (Å²) in [5.41, 5.74) is 2.68. The Balaban J connectivity index is 2.03. The highest BCUT2D eigenvalue weighted by Crippen LogP contribution is 2.31. The van der Waals surface area contributed by atoms with E-state index >= 15 is 0 Å². The number of aromatic nitrogens is 2. The van der Waals surface area contributed by atoms with E-state index in [1.54, 1.807) is 0 Å². The maximum atomic E-state index is 4.34. The Morgan fingerprint density at radius 2 is 2.11 bits per heavy atom. The standard InChI is InChI=1S/C14H16IN3/c1-14(6-7-16-9-14)13-8-17-10-18(13)12-4-2-11(15)3-5-12/h2-5,8,10,16H,6-7,9H2,1H3. The fraction of sp³-hybridized carbons (Fsp3) is 0.357. The summed E-state index contributed by atoms with van der Waals surface area (Å²) in [6.07, 6.45) is 5.09. The number of halogens is 1. The topological polar surface area (TPSA) is 29.9 Å². The molecule has 3 nitrogen and oxygen atoms in total. The van der Waals surface area contributed by atoms with E-state index in [1.165, 1.54) is 21.4 Å². The molecule has 3 rings (SSSR count). The van der Waals surface area contributed by atoms with Crippen molar-refractivity contribution in [2.24, 2.45) is 0 Å². The highest BCUT2D eigenvalue weighted by Gasteiger charge is 2.33. The van der Waals surface area contributed by atoms with Crippen molar-refractivity contribution in [2.45, 2.75) is 18.8 Å². The van der Waals surface area contributed by atoms with E-state index in [0.717, 1.165) is 13.1 Å². The molecule has 1 aliphatic heterocycles. The molecule has 1 aliphatic rings. The van der Waals surface area contributed by atoms with E-state index in [4.69, 9.17) is 0 Å². The first-order valence-corrected chi connectivity index (χ1v) is 7.26. The largest absolute Gasteiger partial charge is 0.316 e. The minimum Gasteiger partial charge on any atom is -0.316 e. The third kappa shape index (κ3) is 2.07. The molecule has 0 saturated carbocycles. The van der Waals surface area contributed by atoms with Crippen molar-refractivity contribution >= 4 is 22.6 Å². The molecule has 1 saturated heterocycles. The van der Waals surface area contributed by atoms with E-state index in [0.29, 0.717) is 0 Å². The Labute approximate surface area is 121 Å². The molecule has 0 spiro atoms. The molecule has 1 atom stereocenters. The molecule has 0 radical (unpaired) electrons. The van der Waals surface area contributed by atoms with Crippen molar-refractivity contribution in [3.05, 3.63) is 46.1 Å². The zero-order valence-electron chi connectivity index (χ0n) is 10.4. The summed E-state index contributed by atoms with van der Waals surface area (Å²) in [5.74, 6) is 0. The average molecular weight is 353 g/mol. The molecular formula is C14H16IN3. The minimum atomic E-state index is 0.194. The summed E-state index contributed by atoms with van der Waals surface area (Å²) >= 11 is 2.33. The van der Waals surface area contributed by atoms with Crippen LogP contribution in [-0.2, 0) is 5.41 Å². The second kappa shape index (κ2) is 4.66. The molecule has 1 fully saturated rings. The van der Waals surface area contributed by atoms with Gasteiger partial charge in [0.1, 0.15) is 0 Å². The minimum absolute atomic E-state index is 0.194. The van der Waals surface area contributed by atoms with E-state index in [-0.39, 0.29) is 5.41 Å². The van der Waals surface area contributed by atoms with Crippen molar-refractivity contribution < 1.29 is 0 Å². The molecule has 18 heavy (non-hydrogen) atoms. The van der Waals surface area contributed by atoms with Gasteiger partial charge in [0.25, 0.3) is 0 Å². The maximum absolute atomic E-state index is 4.34. The van der Waals surface area contributed by atoms with Gasteiger partial charge in [0.15, 0.2) is 0 Å². The zero-order valence-corrected chi connectivity index (χ0v) is 12.5. The third-order valence-corrected chi connectivity index (χ3v) is 4.45. The predicted molar refractivity (Wildman–Crippen MR) is 81.1 cm³/mol. The monoisotopic (exact) mass is 353 g/mol. The summed E-state index contributed by atoms with van der Waals surface area (Å²) < 4.78 is 3.47. The van der Waals surface area contributed by atoms with Crippen LogP contribution in [0.25, 0.3) is 5.69 Å². The smallest absolute Gasteiger partial charge is 0.0994 e. The fourth-order valence-electron chi connectivity index (χ4n) is 2.58. The lowest BCUT2D eigenvalue weighted by atomic mass is 9.86. The van der Waals surface area contributed by atoms with Gasteiger partial charge in [-0.1, -0.05) is 6.92 Å². The number of hydrogen-bond acceptors (Lipinski definition) is 2. The van der Waals surface area contributed by atoms with Gasteiger partial charge in [-0.05, 0) is 59.8 Å². The van der Waals surface area contributed by atoms with Gasteiger partial charge in [-0.25, -0.2) is 4.98 Å². The molecule has 2 aromatic rings. The number of benzene rings is 1. The van der Waals surface area contributed by atoms with Gasteiger partial charge in [-0.2, -0.15) is 0 Å². The molecular weight excluding hydrogens is 337 g/mol. The Bertz CT molecular complexity index is 538. The number of nitrogens with one attached hydrogen (secondary N) is 1. The van der Waals surface area contributed by atoms with Crippen LogP contribution >= 0.6 is 22.6 Å². The summed E-state index contributed by atoms with van der Waals surface area (Å²) in [5, 5.41) is 3.45. The second-order valence-electron chi connectivity index (χ2n) is 5.11. The van der Waals surface area contributed by atoms with Crippen LogP contribution in [0.3, 0.4) is 0 Å². The van der Waals surface area contributed by atoms with E-state index in [2.05, 4.69) is 68.6 Å². The summed E-state index contributed by atoms with van der Waals surface area (Å²) in [6.45, 7) is 4.44. The highest BCUT2D eigenvalue weighted by molar-refractivity contribution is 14.1. The summed E-state index contributed by atoms with van der Waals surface area (Å²) in [7, 11) is 0. The third-order valence-electron chi connectivity index (χ3n) is 3.73. The molecule has 1 N–H and O–H groups in total. The molecule has 94 valence electrons. The molecule has 2 heterocycles. The van der Waals surface area contributed by atoms with Crippen molar-refractivity contribution in [1.29, 1.82) is 0 Å². The maximum Gasteiger partial charge on any atom is 0.0994 e. The first kappa shape index (κ1) is 12.2. The van der Waals surface area contributed by atoms with Crippen LogP contribution < -0.4 is 5.32 Å². The Morgan fingerprint density at radius 1 is 1.33 bits per heavy atom. The molecule has 1 aromatic heterocycles. The van der Waals surface area contributed by atoms with Gasteiger partial charge in [-0.15, -0.1) is 0 Å². The average Bonchev–Trinajstić information content (AvgIpc) is 2.99. The van der Waals surface area contributed by atoms with Gasteiger partial charge < -0.3 is 9.88 Å².